The molecule has 2 amide bonds. The number of hydrogen-bond donors (Lipinski definition) is 3. The topological polar surface area (TPSA) is 107 Å². The van der Waals surface area contributed by atoms with Crippen LogP contribution in [0, 0.1) is 0 Å². The van der Waals surface area contributed by atoms with E-state index in [1.165, 1.54) is 11.0 Å². The van der Waals surface area contributed by atoms with E-state index in [-0.39, 0.29) is 6.54 Å². The molecule has 0 aromatic heterocycles. The van der Waals surface area contributed by atoms with Crippen molar-refractivity contribution in [3.8, 4) is 0 Å². The monoisotopic (exact) mass is 258 g/mol. The van der Waals surface area contributed by atoms with Crippen LogP contribution < -0.4 is 5.32 Å². The molecule has 0 saturated carbocycles. The molecule has 0 heterocycles. The molecule has 0 spiro atoms. The van der Waals surface area contributed by atoms with Gasteiger partial charge in [0, 0.05) is 13.1 Å². The quantitative estimate of drug-likeness (QED) is 0.550. The number of urea groups is 1. The van der Waals surface area contributed by atoms with E-state index < -0.39 is 30.4 Å². The van der Waals surface area contributed by atoms with Gasteiger partial charge in [0.1, 0.15) is 6.04 Å². The van der Waals surface area contributed by atoms with Gasteiger partial charge >= 0.3 is 18.0 Å². The molecule has 18 heavy (non-hydrogen) atoms. The second-order valence-electron chi connectivity index (χ2n) is 3.67. The van der Waals surface area contributed by atoms with E-state index in [1.807, 2.05) is 6.92 Å². The van der Waals surface area contributed by atoms with Crippen LogP contribution >= 0.6 is 0 Å². The van der Waals surface area contributed by atoms with E-state index in [0.717, 1.165) is 0 Å². The lowest BCUT2D eigenvalue weighted by atomic mass is 10.2. The summed E-state index contributed by atoms with van der Waals surface area (Å²) in [4.78, 5) is 34.4. The summed E-state index contributed by atoms with van der Waals surface area (Å²) in [6.45, 7) is 6.08. The lowest BCUT2D eigenvalue weighted by molar-refractivity contribution is -0.145. The Kier molecular flexibility index (Phi) is 7.18. The molecule has 0 bridgehead atoms. The van der Waals surface area contributed by atoms with Crippen molar-refractivity contribution in [2.75, 3.05) is 13.1 Å². The molecule has 0 fully saturated rings. The van der Waals surface area contributed by atoms with Gasteiger partial charge < -0.3 is 20.4 Å². The normalized spacial score (nSPS) is 11.4. The largest absolute Gasteiger partial charge is 0.481 e. The fourth-order valence-electron chi connectivity index (χ4n) is 1.32. The Morgan fingerprint density at radius 1 is 1.39 bits per heavy atom. The zero-order valence-electron chi connectivity index (χ0n) is 10.3. The lowest BCUT2D eigenvalue weighted by Gasteiger charge is -2.23. The summed E-state index contributed by atoms with van der Waals surface area (Å²) in [5.74, 6) is -2.66. The highest BCUT2D eigenvalue weighted by molar-refractivity contribution is 5.86. The Labute approximate surface area is 105 Å². The number of aliphatic carboxylic acids is 2. The van der Waals surface area contributed by atoms with Crippen LogP contribution in [0.5, 0.6) is 0 Å². The first-order valence-corrected chi connectivity index (χ1v) is 5.53. The molecule has 0 saturated heterocycles. The Bertz CT molecular complexity index is 329. The number of carboxylic acids is 2. The molecule has 0 radical (unpaired) electrons. The summed E-state index contributed by atoms with van der Waals surface area (Å²) in [6, 6.07) is -2.04. The van der Waals surface area contributed by atoms with E-state index in [2.05, 4.69) is 11.9 Å². The zero-order chi connectivity index (χ0) is 14.1. The van der Waals surface area contributed by atoms with Gasteiger partial charge in [-0.2, -0.15) is 0 Å². The zero-order valence-corrected chi connectivity index (χ0v) is 10.3. The van der Waals surface area contributed by atoms with Crippen LogP contribution in [0.2, 0.25) is 0 Å². The van der Waals surface area contributed by atoms with E-state index in [0.29, 0.717) is 13.0 Å². The molecule has 0 aliphatic carbocycles. The van der Waals surface area contributed by atoms with Crippen molar-refractivity contribution in [2.45, 2.75) is 25.8 Å². The summed E-state index contributed by atoms with van der Waals surface area (Å²) in [7, 11) is 0. The fourth-order valence-corrected chi connectivity index (χ4v) is 1.32. The molecule has 0 aliphatic rings. The average molecular weight is 258 g/mol. The molecule has 3 N–H and O–H groups in total. The summed E-state index contributed by atoms with van der Waals surface area (Å²) >= 11 is 0. The number of nitrogens with zero attached hydrogens (tertiary/aromatic N) is 1. The van der Waals surface area contributed by atoms with Crippen LogP contribution in [0.25, 0.3) is 0 Å². The van der Waals surface area contributed by atoms with Crippen LogP contribution in [0.4, 0.5) is 4.79 Å². The van der Waals surface area contributed by atoms with Crippen molar-refractivity contribution in [1.82, 2.24) is 10.2 Å². The van der Waals surface area contributed by atoms with Gasteiger partial charge in [-0.1, -0.05) is 13.0 Å². The van der Waals surface area contributed by atoms with E-state index >= 15 is 0 Å². The number of rotatable bonds is 8. The van der Waals surface area contributed by atoms with E-state index in [4.69, 9.17) is 10.2 Å². The van der Waals surface area contributed by atoms with Gasteiger partial charge in [0.15, 0.2) is 0 Å². The molecule has 0 aromatic rings. The van der Waals surface area contributed by atoms with Gasteiger partial charge in [0.25, 0.3) is 0 Å². The summed E-state index contributed by atoms with van der Waals surface area (Å²) in [5, 5.41) is 19.5. The van der Waals surface area contributed by atoms with Crippen molar-refractivity contribution in [3.63, 3.8) is 0 Å². The van der Waals surface area contributed by atoms with Crippen molar-refractivity contribution in [3.05, 3.63) is 12.7 Å². The van der Waals surface area contributed by atoms with Crippen LogP contribution in [0.3, 0.4) is 0 Å². The summed E-state index contributed by atoms with van der Waals surface area (Å²) in [6.07, 6.45) is 1.56. The molecule has 0 aromatic carbocycles. The second kappa shape index (κ2) is 8.10. The minimum Gasteiger partial charge on any atom is -0.481 e. The van der Waals surface area contributed by atoms with Crippen LogP contribution in [0.1, 0.15) is 19.8 Å². The van der Waals surface area contributed by atoms with Crippen LogP contribution in [-0.4, -0.2) is 52.2 Å². The van der Waals surface area contributed by atoms with Crippen molar-refractivity contribution < 1.29 is 24.6 Å². The Hall–Kier alpha value is -2.05. The van der Waals surface area contributed by atoms with Gasteiger partial charge in [-0.15, -0.1) is 6.58 Å². The Morgan fingerprint density at radius 3 is 2.39 bits per heavy atom. The van der Waals surface area contributed by atoms with Crippen LogP contribution in [0.15, 0.2) is 12.7 Å². The highest BCUT2D eigenvalue weighted by Crippen LogP contribution is 1.98. The number of carboxylic acid groups (broad SMARTS) is 2. The molecule has 0 rings (SSSR count). The maximum Gasteiger partial charge on any atom is 0.326 e. The predicted octanol–water partition coefficient (Wildman–Crippen LogP) is 0.522. The number of nitrogens with one attached hydrogen (secondary N) is 1. The van der Waals surface area contributed by atoms with E-state index in [9.17, 15) is 14.4 Å². The Balaban J connectivity index is 4.58. The predicted molar refractivity (Wildman–Crippen MR) is 64.3 cm³/mol. The third-order valence-corrected chi connectivity index (χ3v) is 2.10. The number of carbonyl (C=O) groups is 3. The lowest BCUT2D eigenvalue weighted by Crippen LogP contribution is -2.49. The Morgan fingerprint density at radius 2 is 2.00 bits per heavy atom. The molecular formula is C11H18N2O5. The smallest absolute Gasteiger partial charge is 0.326 e. The first-order chi connectivity index (χ1) is 8.42. The van der Waals surface area contributed by atoms with Crippen molar-refractivity contribution in [1.29, 1.82) is 0 Å². The fraction of sp³-hybridized carbons (Fsp3) is 0.545. The molecule has 102 valence electrons. The van der Waals surface area contributed by atoms with Crippen LogP contribution in [-0.2, 0) is 9.59 Å². The first kappa shape index (κ1) is 16.0. The molecule has 0 unspecified atom stereocenters. The first-order valence-electron chi connectivity index (χ1n) is 5.53. The highest BCUT2D eigenvalue weighted by atomic mass is 16.4. The maximum atomic E-state index is 11.7. The summed E-state index contributed by atoms with van der Waals surface area (Å²) < 4.78 is 0. The number of carbonyl (C=O) groups excluding carboxylic acids is 1. The SMILES string of the molecule is C=CCN(CCC)C(=O)N[C@H](CC(=O)O)C(=O)O. The third-order valence-electron chi connectivity index (χ3n) is 2.10. The summed E-state index contributed by atoms with van der Waals surface area (Å²) in [5.41, 5.74) is 0. The molecule has 0 aliphatic heterocycles. The molecule has 1 atom stereocenters. The van der Waals surface area contributed by atoms with Gasteiger partial charge in [-0.25, -0.2) is 9.59 Å². The average Bonchev–Trinajstić information content (AvgIpc) is 2.27. The van der Waals surface area contributed by atoms with Gasteiger partial charge in [-0.3, -0.25) is 4.79 Å². The molecular weight excluding hydrogens is 240 g/mol. The van der Waals surface area contributed by atoms with Crippen molar-refractivity contribution in [2.24, 2.45) is 0 Å². The highest BCUT2D eigenvalue weighted by Gasteiger charge is 2.24. The minimum atomic E-state index is -1.43. The maximum absolute atomic E-state index is 11.7. The van der Waals surface area contributed by atoms with E-state index in [1.54, 1.807) is 0 Å². The minimum absolute atomic E-state index is 0.277. The van der Waals surface area contributed by atoms with Gasteiger partial charge in [0.2, 0.25) is 0 Å². The third kappa shape index (κ3) is 5.88. The molecule has 7 nitrogen and oxygen atoms in total. The number of amides is 2. The standard InChI is InChI=1S/C11H18N2O5/c1-3-5-13(6-4-2)11(18)12-8(10(16)17)7-9(14)15/h3,8H,1,4-7H2,2H3,(H,12,18)(H,14,15)(H,16,17)/t8-/m1/s1. The molecule has 7 heteroatoms. The van der Waals surface area contributed by atoms with Gasteiger partial charge in [-0.05, 0) is 6.42 Å². The van der Waals surface area contributed by atoms with Gasteiger partial charge in [0.05, 0.1) is 6.42 Å². The second-order valence-corrected chi connectivity index (χ2v) is 3.67. The van der Waals surface area contributed by atoms with Crippen molar-refractivity contribution >= 4 is 18.0 Å². The number of hydrogen-bond acceptors (Lipinski definition) is 3.